The van der Waals surface area contributed by atoms with Gasteiger partial charge >= 0.3 is 0 Å². The fraction of sp³-hybridized carbons (Fsp3) is 0.350. The van der Waals surface area contributed by atoms with Crippen LogP contribution < -0.4 is 4.90 Å². The first-order valence-corrected chi connectivity index (χ1v) is 9.06. The highest BCUT2D eigenvalue weighted by Crippen LogP contribution is 2.32. The molecule has 0 aromatic heterocycles. The summed E-state index contributed by atoms with van der Waals surface area (Å²) in [4.78, 5) is 16.8. The van der Waals surface area contributed by atoms with E-state index in [1.54, 1.807) is 12.1 Å². The summed E-state index contributed by atoms with van der Waals surface area (Å²) in [6, 6.07) is 13.1. The van der Waals surface area contributed by atoms with Crippen LogP contribution in [0.5, 0.6) is 0 Å². The third kappa shape index (κ3) is 3.42. The number of fused-ring (bicyclic) bond motifs is 1. The maximum absolute atomic E-state index is 14.1. The summed E-state index contributed by atoms with van der Waals surface area (Å²) in [5.41, 5.74) is 2.70. The number of anilines is 1. The van der Waals surface area contributed by atoms with E-state index in [4.69, 9.17) is 11.6 Å². The lowest BCUT2D eigenvalue weighted by molar-refractivity contribution is -0.119. The minimum absolute atomic E-state index is 0.0734. The van der Waals surface area contributed by atoms with Crippen molar-refractivity contribution in [1.82, 2.24) is 4.90 Å². The second-order valence-electron chi connectivity index (χ2n) is 6.76. The van der Waals surface area contributed by atoms with Crippen LogP contribution in [0.15, 0.2) is 42.5 Å². The quantitative estimate of drug-likeness (QED) is 0.805. The van der Waals surface area contributed by atoms with Gasteiger partial charge in [0.25, 0.3) is 0 Å². The second-order valence-corrected chi connectivity index (χ2v) is 7.17. The number of carbonyl (C=O) groups excluding carboxylic acids is 1. The van der Waals surface area contributed by atoms with Gasteiger partial charge in [-0.1, -0.05) is 35.9 Å². The van der Waals surface area contributed by atoms with E-state index in [2.05, 4.69) is 11.0 Å². The summed E-state index contributed by atoms with van der Waals surface area (Å²) < 4.78 is 14.1. The highest BCUT2D eigenvalue weighted by atomic mass is 35.5. The smallest absolute Gasteiger partial charge is 0.241 e. The van der Waals surface area contributed by atoms with Crippen molar-refractivity contribution >= 4 is 23.2 Å². The lowest BCUT2D eigenvalue weighted by atomic mass is 10.2. The van der Waals surface area contributed by atoms with Crippen LogP contribution in [0.2, 0.25) is 5.02 Å². The minimum Gasteiger partial charge on any atom is -0.311 e. The Bertz CT molecular complexity index is 786. The maximum Gasteiger partial charge on any atom is 0.241 e. The molecule has 0 radical (unpaired) electrons. The highest BCUT2D eigenvalue weighted by molar-refractivity contribution is 6.31. The molecule has 0 spiro atoms. The first-order chi connectivity index (χ1) is 12.1. The van der Waals surface area contributed by atoms with Crippen molar-refractivity contribution in [2.45, 2.75) is 31.8 Å². The summed E-state index contributed by atoms with van der Waals surface area (Å²) in [5.74, 6) is -0.235. The van der Waals surface area contributed by atoms with E-state index in [1.807, 2.05) is 23.1 Å². The molecule has 1 heterocycles. The van der Waals surface area contributed by atoms with Crippen molar-refractivity contribution in [3.63, 3.8) is 0 Å². The number of halogens is 2. The Kier molecular flexibility index (Phi) is 4.48. The molecule has 1 fully saturated rings. The summed E-state index contributed by atoms with van der Waals surface area (Å²) in [6.07, 6.45) is 3.00. The van der Waals surface area contributed by atoms with Crippen LogP contribution >= 0.6 is 11.6 Å². The molecule has 4 rings (SSSR count). The van der Waals surface area contributed by atoms with Gasteiger partial charge in [-0.25, -0.2) is 4.39 Å². The minimum atomic E-state index is -0.308. The van der Waals surface area contributed by atoms with Crippen molar-refractivity contribution in [2.75, 3.05) is 18.0 Å². The van der Waals surface area contributed by atoms with Gasteiger partial charge in [-0.05, 0) is 43.0 Å². The fourth-order valence-corrected chi connectivity index (χ4v) is 3.72. The van der Waals surface area contributed by atoms with Gasteiger partial charge in [0.2, 0.25) is 5.91 Å². The summed E-state index contributed by atoms with van der Waals surface area (Å²) in [7, 11) is 0. The van der Waals surface area contributed by atoms with Gasteiger partial charge in [0.1, 0.15) is 5.82 Å². The van der Waals surface area contributed by atoms with Crippen molar-refractivity contribution in [2.24, 2.45) is 0 Å². The zero-order chi connectivity index (χ0) is 17.4. The van der Waals surface area contributed by atoms with Crippen LogP contribution in [0.25, 0.3) is 0 Å². The van der Waals surface area contributed by atoms with Crippen LogP contribution in [0, 0.1) is 5.82 Å². The van der Waals surface area contributed by atoms with Crippen LogP contribution in [0.1, 0.15) is 24.0 Å². The van der Waals surface area contributed by atoms with Gasteiger partial charge in [-0.3, -0.25) is 9.69 Å². The van der Waals surface area contributed by atoms with Crippen LogP contribution in [0.3, 0.4) is 0 Å². The molecule has 1 amide bonds. The molecule has 0 saturated heterocycles. The third-order valence-corrected chi connectivity index (χ3v) is 5.37. The molecule has 2 aromatic rings. The molecule has 25 heavy (non-hydrogen) atoms. The van der Waals surface area contributed by atoms with Gasteiger partial charge in [0.15, 0.2) is 0 Å². The van der Waals surface area contributed by atoms with Gasteiger partial charge in [0.05, 0.1) is 6.54 Å². The Balaban J connectivity index is 1.50. The summed E-state index contributed by atoms with van der Waals surface area (Å²) in [6.45, 7) is 1.39. The monoisotopic (exact) mass is 358 g/mol. The lowest BCUT2D eigenvalue weighted by Gasteiger charge is -2.25. The Morgan fingerprint density at radius 3 is 2.76 bits per heavy atom. The van der Waals surface area contributed by atoms with Gasteiger partial charge in [0, 0.05) is 35.4 Å². The van der Waals surface area contributed by atoms with Crippen molar-refractivity contribution in [3.05, 3.63) is 64.4 Å². The maximum atomic E-state index is 14.1. The molecule has 0 atom stereocenters. The van der Waals surface area contributed by atoms with Gasteiger partial charge < -0.3 is 4.90 Å². The van der Waals surface area contributed by atoms with Crippen LogP contribution in [0.4, 0.5) is 10.1 Å². The average Bonchev–Trinajstić information content (AvgIpc) is 3.36. The molecule has 2 aromatic carbocycles. The molecule has 1 aliphatic heterocycles. The van der Waals surface area contributed by atoms with E-state index in [9.17, 15) is 9.18 Å². The number of amides is 1. The number of hydrogen-bond donors (Lipinski definition) is 0. The van der Waals surface area contributed by atoms with E-state index < -0.39 is 0 Å². The fourth-order valence-electron chi connectivity index (χ4n) is 3.50. The van der Waals surface area contributed by atoms with Crippen LogP contribution in [-0.4, -0.2) is 29.9 Å². The zero-order valence-corrected chi connectivity index (χ0v) is 14.7. The zero-order valence-electron chi connectivity index (χ0n) is 13.9. The molecule has 0 bridgehead atoms. The number of benzene rings is 2. The topological polar surface area (TPSA) is 23.6 Å². The van der Waals surface area contributed by atoms with E-state index in [0.29, 0.717) is 29.7 Å². The number of rotatable bonds is 5. The molecule has 0 unspecified atom stereocenters. The van der Waals surface area contributed by atoms with E-state index >= 15 is 0 Å². The normalized spacial score (nSPS) is 16.4. The Labute approximate surface area is 152 Å². The summed E-state index contributed by atoms with van der Waals surface area (Å²) in [5, 5.41) is 0.421. The molecule has 130 valence electrons. The van der Waals surface area contributed by atoms with E-state index in [-0.39, 0.29) is 11.7 Å². The first-order valence-electron chi connectivity index (χ1n) is 8.68. The number of carbonyl (C=O) groups is 1. The number of nitrogens with zero attached hydrogens (tertiary/aromatic N) is 2. The third-order valence-electron chi connectivity index (χ3n) is 5.01. The molecule has 5 heteroatoms. The molecular formula is C20H20ClFN2O. The standard InChI is InChI=1S/C20H20ClFN2O/c21-17-5-3-6-18(22)16(17)12-23(15-8-9-15)13-20(25)24-11-10-14-4-1-2-7-19(14)24/h1-7,15H,8-13H2. The van der Waals surface area contributed by atoms with Crippen molar-refractivity contribution in [1.29, 1.82) is 0 Å². The average molecular weight is 359 g/mol. The molecule has 1 aliphatic carbocycles. The predicted molar refractivity (Wildman–Crippen MR) is 97.3 cm³/mol. The SMILES string of the molecule is O=C(CN(Cc1c(F)cccc1Cl)C1CC1)N1CCc2ccccc21. The molecular weight excluding hydrogens is 339 g/mol. The van der Waals surface area contributed by atoms with Crippen molar-refractivity contribution < 1.29 is 9.18 Å². The number of hydrogen-bond acceptors (Lipinski definition) is 2. The Morgan fingerprint density at radius 1 is 1.20 bits per heavy atom. The second kappa shape index (κ2) is 6.77. The van der Waals surface area contributed by atoms with E-state index in [0.717, 1.165) is 31.5 Å². The number of para-hydroxylation sites is 1. The molecule has 1 saturated carbocycles. The first kappa shape index (κ1) is 16.6. The summed E-state index contributed by atoms with van der Waals surface area (Å²) >= 11 is 6.17. The van der Waals surface area contributed by atoms with E-state index in [1.165, 1.54) is 11.6 Å². The van der Waals surface area contributed by atoms with Gasteiger partial charge in [-0.2, -0.15) is 0 Å². The highest BCUT2D eigenvalue weighted by Gasteiger charge is 2.33. The molecule has 3 nitrogen and oxygen atoms in total. The van der Waals surface area contributed by atoms with Crippen molar-refractivity contribution in [3.8, 4) is 0 Å². The Hall–Kier alpha value is -1.91. The largest absolute Gasteiger partial charge is 0.311 e. The predicted octanol–water partition coefficient (Wildman–Crippen LogP) is 4.03. The lowest BCUT2D eigenvalue weighted by Crippen LogP contribution is -2.40. The Morgan fingerprint density at radius 2 is 2.00 bits per heavy atom. The molecule has 2 aliphatic rings. The van der Waals surface area contributed by atoms with Gasteiger partial charge in [-0.15, -0.1) is 0 Å². The van der Waals surface area contributed by atoms with Crippen LogP contribution in [-0.2, 0) is 17.8 Å². The molecule has 0 N–H and O–H groups in total.